The van der Waals surface area contributed by atoms with Crippen molar-refractivity contribution in [2.75, 3.05) is 11.5 Å². The number of hydrogen-bond donors (Lipinski definition) is 2. The van der Waals surface area contributed by atoms with Gasteiger partial charge in [-0.2, -0.15) is 0 Å². The third-order valence-electron chi connectivity index (χ3n) is 2.86. The van der Waals surface area contributed by atoms with Crippen molar-refractivity contribution in [2.24, 2.45) is 0 Å². The summed E-state index contributed by atoms with van der Waals surface area (Å²) < 4.78 is 22.6. The Morgan fingerprint density at radius 1 is 1.33 bits per heavy atom. The molecule has 1 heterocycles. The lowest BCUT2D eigenvalue weighted by atomic mass is 10.2. The molecule has 0 aliphatic carbocycles. The second-order valence-corrected chi connectivity index (χ2v) is 7.05. The lowest BCUT2D eigenvalue weighted by molar-refractivity contribution is 0.600. The van der Waals surface area contributed by atoms with E-state index < -0.39 is 9.84 Å². The number of benzene rings is 1. The lowest BCUT2D eigenvalue weighted by Crippen LogP contribution is -2.42. The molecule has 0 aromatic heterocycles. The van der Waals surface area contributed by atoms with Crippen molar-refractivity contribution in [3.8, 4) is 0 Å². The Kier molecular flexibility index (Phi) is 4.19. The molecular weight excluding hydrogens is 268 g/mol. The van der Waals surface area contributed by atoms with Gasteiger partial charge in [0.1, 0.15) is 0 Å². The predicted octanol–water partition coefficient (Wildman–Crippen LogP) is 0.838. The number of nitrogens with one attached hydrogen (secondary N) is 2. The Bertz CT molecular complexity index is 514. The summed E-state index contributed by atoms with van der Waals surface area (Å²) in [6, 6.07) is 9.87. The largest absolute Gasteiger partial charge is 0.359 e. The Hall–Kier alpha value is -1.14. The molecule has 0 saturated carbocycles. The molecule has 0 amide bonds. The van der Waals surface area contributed by atoms with Gasteiger partial charge in [0.2, 0.25) is 0 Å². The molecule has 18 heavy (non-hydrogen) atoms. The third kappa shape index (κ3) is 3.96. The summed E-state index contributed by atoms with van der Waals surface area (Å²) in [4.78, 5) is 0. The molecule has 1 aliphatic rings. The maximum absolute atomic E-state index is 11.3. The fourth-order valence-corrected chi connectivity index (χ4v) is 3.84. The molecule has 2 rings (SSSR count). The summed E-state index contributed by atoms with van der Waals surface area (Å²) >= 11 is 5.15. The van der Waals surface area contributed by atoms with Crippen molar-refractivity contribution < 1.29 is 8.42 Å². The molecule has 98 valence electrons. The molecule has 1 saturated heterocycles. The Labute approximate surface area is 113 Å². The highest BCUT2D eigenvalue weighted by atomic mass is 32.2. The van der Waals surface area contributed by atoms with Crippen LogP contribution in [0.3, 0.4) is 0 Å². The van der Waals surface area contributed by atoms with Gasteiger partial charge >= 0.3 is 0 Å². The van der Waals surface area contributed by atoms with Crippen LogP contribution in [-0.2, 0) is 16.4 Å². The van der Waals surface area contributed by atoms with Gasteiger partial charge < -0.3 is 10.6 Å². The molecule has 0 spiro atoms. The zero-order valence-electron chi connectivity index (χ0n) is 9.93. The monoisotopic (exact) mass is 284 g/mol. The molecule has 1 atom stereocenters. The summed E-state index contributed by atoms with van der Waals surface area (Å²) in [5.41, 5.74) is 1.14. The zero-order valence-corrected chi connectivity index (χ0v) is 11.6. The highest BCUT2D eigenvalue weighted by Crippen LogP contribution is 2.10. The molecule has 1 aliphatic heterocycles. The minimum Gasteiger partial charge on any atom is -0.359 e. The summed E-state index contributed by atoms with van der Waals surface area (Å²) in [5.74, 6) is 0.437. The van der Waals surface area contributed by atoms with Crippen LogP contribution in [0.5, 0.6) is 0 Å². The van der Waals surface area contributed by atoms with Crippen LogP contribution in [0.1, 0.15) is 12.0 Å². The van der Waals surface area contributed by atoms with E-state index in [0.717, 1.165) is 5.56 Å². The third-order valence-corrected chi connectivity index (χ3v) is 4.89. The molecule has 0 radical (unpaired) electrons. The number of sulfone groups is 1. The van der Waals surface area contributed by atoms with Gasteiger partial charge in [-0.15, -0.1) is 0 Å². The zero-order chi connectivity index (χ0) is 13.0. The van der Waals surface area contributed by atoms with Crippen LogP contribution < -0.4 is 10.6 Å². The minimum absolute atomic E-state index is 0.0502. The maximum atomic E-state index is 11.3. The standard InChI is InChI=1S/C12H16N2O2S2/c15-18(16)7-6-11(9-18)14-12(17)13-8-10-4-2-1-3-5-10/h1-5,11H,6-9H2,(H2,13,14,17)/t11-/m1/s1. The van der Waals surface area contributed by atoms with Gasteiger partial charge in [-0.1, -0.05) is 30.3 Å². The Balaban J connectivity index is 1.76. The first-order valence-corrected chi connectivity index (χ1v) is 8.07. The van der Waals surface area contributed by atoms with Gasteiger partial charge in [0.05, 0.1) is 11.5 Å². The summed E-state index contributed by atoms with van der Waals surface area (Å²) in [6.45, 7) is 0.645. The molecule has 4 nitrogen and oxygen atoms in total. The topological polar surface area (TPSA) is 58.2 Å². The average Bonchev–Trinajstić information content (AvgIpc) is 2.67. The predicted molar refractivity (Wildman–Crippen MR) is 76.1 cm³/mol. The Morgan fingerprint density at radius 2 is 2.06 bits per heavy atom. The molecule has 2 N–H and O–H groups in total. The first-order valence-electron chi connectivity index (χ1n) is 5.84. The van der Waals surface area contributed by atoms with Crippen molar-refractivity contribution in [2.45, 2.75) is 19.0 Å². The maximum Gasteiger partial charge on any atom is 0.166 e. The van der Waals surface area contributed by atoms with Gasteiger partial charge in [-0.25, -0.2) is 8.42 Å². The van der Waals surface area contributed by atoms with Crippen molar-refractivity contribution in [3.05, 3.63) is 35.9 Å². The second kappa shape index (κ2) is 5.67. The molecule has 0 unspecified atom stereocenters. The van der Waals surface area contributed by atoms with E-state index in [1.807, 2.05) is 30.3 Å². The molecule has 0 bridgehead atoms. The highest BCUT2D eigenvalue weighted by Gasteiger charge is 2.27. The van der Waals surface area contributed by atoms with Crippen molar-refractivity contribution in [1.82, 2.24) is 10.6 Å². The van der Waals surface area contributed by atoms with E-state index in [2.05, 4.69) is 10.6 Å². The quantitative estimate of drug-likeness (QED) is 0.806. The normalized spacial score (nSPS) is 21.4. The van der Waals surface area contributed by atoms with Gasteiger partial charge in [0.15, 0.2) is 14.9 Å². The first kappa shape index (κ1) is 13.3. The average molecular weight is 284 g/mol. The fourth-order valence-electron chi connectivity index (χ4n) is 1.92. The van der Waals surface area contributed by atoms with Crippen molar-refractivity contribution in [3.63, 3.8) is 0 Å². The number of thiocarbonyl (C=S) groups is 1. The van der Waals surface area contributed by atoms with Crippen LogP contribution in [-0.4, -0.2) is 31.1 Å². The summed E-state index contributed by atoms with van der Waals surface area (Å²) in [7, 11) is -2.86. The minimum atomic E-state index is -2.86. The van der Waals surface area contributed by atoms with Gasteiger partial charge in [-0.3, -0.25) is 0 Å². The molecule has 1 aromatic rings. The Morgan fingerprint density at radius 3 is 2.67 bits per heavy atom. The van der Waals surface area contributed by atoms with Gasteiger partial charge in [-0.05, 0) is 24.2 Å². The van der Waals surface area contributed by atoms with E-state index in [9.17, 15) is 8.42 Å². The van der Waals surface area contributed by atoms with E-state index >= 15 is 0 Å². The molecule has 6 heteroatoms. The SMILES string of the molecule is O=S1(=O)CC[C@@H](NC(=S)NCc2ccccc2)C1. The summed E-state index contributed by atoms with van der Waals surface area (Å²) in [5, 5.41) is 6.64. The molecular formula is C12H16N2O2S2. The van der Waals surface area contributed by atoms with Crippen LogP contribution in [0.25, 0.3) is 0 Å². The van der Waals surface area contributed by atoms with Crippen molar-refractivity contribution in [1.29, 1.82) is 0 Å². The van der Waals surface area contributed by atoms with Crippen LogP contribution in [0, 0.1) is 0 Å². The van der Waals surface area contributed by atoms with Crippen molar-refractivity contribution >= 4 is 27.2 Å². The molecule has 1 aromatic carbocycles. The number of hydrogen-bond acceptors (Lipinski definition) is 3. The van der Waals surface area contributed by atoms with E-state index in [0.29, 0.717) is 18.1 Å². The van der Waals surface area contributed by atoms with Gasteiger partial charge in [0, 0.05) is 12.6 Å². The lowest BCUT2D eigenvalue weighted by Gasteiger charge is -2.14. The fraction of sp³-hybridized carbons (Fsp3) is 0.417. The smallest absolute Gasteiger partial charge is 0.166 e. The van der Waals surface area contributed by atoms with E-state index in [1.54, 1.807) is 0 Å². The van der Waals surface area contributed by atoms with E-state index in [1.165, 1.54) is 0 Å². The second-order valence-electron chi connectivity index (χ2n) is 4.41. The van der Waals surface area contributed by atoms with E-state index in [4.69, 9.17) is 12.2 Å². The van der Waals surface area contributed by atoms with Crippen LogP contribution in [0.4, 0.5) is 0 Å². The first-order chi connectivity index (χ1) is 8.55. The van der Waals surface area contributed by atoms with Crippen LogP contribution >= 0.6 is 12.2 Å². The highest BCUT2D eigenvalue weighted by molar-refractivity contribution is 7.91. The van der Waals surface area contributed by atoms with Crippen LogP contribution in [0.15, 0.2) is 30.3 Å². The number of rotatable bonds is 3. The van der Waals surface area contributed by atoms with E-state index in [-0.39, 0.29) is 17.5 Å². The summed E-state index contributed by atoms with van der Waals surface area (Å²) in [6.07, 6.45) is 0.634. The van der Waals surface area contributed by atoms with Crippen LogP contribution in [0.2, 0.25) is 0 Å². The molecule has 1 fully saturated rings. The van der Waals surface area contributed by atoms with Gasteiger partial charge in [0.25, 0.3) is 0 Å².